The fourth-order valence-corrected chi connectivity index (χ4v) is 3.90. The van der Waals surface area contributed by atoms with Crippen LogP contribution < -0.4 is 4.74 Å². The Bertz CT molecular complexity index is 876. The highest BCUT2D eigenvalue weighted by molar-refractivity contribution is 5.81. The molecule has 0 amide bonds. The van der Waals surface area contributed by atoms with Crippen LogP contribution in [0.5, 0.6) is 5.75 Å². The second kappa shape index (κ2) is 19.3. The molecule has 196 valence electrons. The lowest BCUT2D eigenvalue weighted by Gasteiger charge is -2.06. The monoisotopic (exact) mass is 492 g/mol. The van der Waals surface area contributed by atoms with Crippen molar-refractivity contribution in [3.05, 3.63) is 66.7 Å². The molecule has 2 aromatic carbocycles. The first kappa shape index (κ1) is 29.3. The predicted octanol–water partition coefficient (Wildman–Crippen LogP) is 9.45. The molecule has 0 aliphatic heterocycles. The Kier molecular flexibility index (Phi) is 15.7. The van der Waals surface area contributed by atoms with Gasteiger partial charge < -0.3 is 9.47 Å². The van der Waals surface area contributed by atoms with Gasteiger partial charge in [-0.2, -0.15) is 10.2 Å². The number of hydrogen-bond donors (Lipinski definition) is 0. The summed E-state index contributed by atoms with van der Waals surface area (Å²) in [5, 5.41) is 8.72. The van der Waals surface area contributed by atoms with Gasteiger partial charge in [-0.15, -0.1) is 0 Å². The van der Waals surface area contributed by atoms with E-state index in [1.54, 1.807) is 0 Å². The van der Waals surface area contributed by atoms with Crippen LogP contribution in [-0.4, -0.2) is 19.2 Å². The largest absolute Gasteiger partial charge is 0.494 e. The fourth-order valence-electron chi connectivity index (χ4n) is 3.90. The highest BCUT2D eigenvalue weighted by Crippen LogP contribution is 2.22. The molecule has 0 saturated carbocycles. The predicted molar refractivity (Wildman–Crippen MR) is 148 cm³/mol. The van der Waals surface area contributed by atoms with E-state index < -0.39 is 0 Å². The minimum atomic E-state index is -0.341. The lowest BCUT2D eigenvalue weighted by atomic mass is 10.0. The number of esters is 1. The summed E-state index contributed by atoms with van der Waals surface area (Å²) in [5.74, 6) is 0.518. The topological polar surface area (TPSA) is 60.2 Å². The molecule has 0 aliphatic rings. The highest BCUT2D eigenvalue weighted by atomic mass is 16.5. The molecule has 0 aromatic heterocycles. The summed E-state index contributed by atoms with van der Waals surface area (Å²) < 4.78 is 10.8. The van der Waals surface area contributed by atoms with Gasteiger partial charge >= 0.3 is 5.97 Å². The number of carbonyl (C=O) groups is 1. The summed E-state index contributed by atoms with van der Waals surface area (Å²) in [6, 6.07) is 16.2. The van der Waals surface area contributed by atoms with Crippen LogP contribution in [-0.2, 0) is 16.0 Å². The summed E-state index contributed by atoms with van der Waals surface area (Å²) in [6.07, 6.45) is 16.8. The lowest BCUT2D eigenvalue weighted by Crippen LogP contribution is -2.01. The first-order valence-corrected chi connectivity index (χ1v) is 13.7. The van der Waals surface area contributed by atoms with E-state index in [-0.39, 0.29) is 5.97 Å². The number of ether oxygens (including phenoxy) is 2. The Morgan fingerprint density at radius 2 is 1.25 bits per heavy atom. The summed E-state index contributed by atoms with van der Waals surface area (Å²) in [5.41, 5.74) is 3.06. The standard InChI is InChI=1S/C31H44N2O3/c1-3-5-6-7-10-13-16-27-17-19-28(20-18-27)32-33-29-21-23-30(24-22-29)35-25-14-11-8-9-12-15-26-36-31(34)4-2/h4,17-24H,2-3,5-16,25-26H2,1H3. The smallest absolute Gasteiger partial charge is 0.330 e. The van der Waals surface area contributed by atoms with Crippen molar-refractivity contribution in [3.8, 4) is 5.75 Å². The molecule has 0 saturated heterocycles. The number of aryl methyl sites for hydroxylation is 1. The highest BCUT2D eigenvalue weighted by Gasteiger charge is 1.99. The van der Waals surface area contributed by atoms with Crippen molar-refractivity contribution in [2.75, 3.05) is 13.2 Å². The van der Waals surface area contributed by atoms with Crippen molar-refractivity contribution in [2.24, 2.45) is 10.2 Å². The van der Waals surface area contributed by atoms with E-state index in [2.05, 4.69) is 35.9 Å². The molecule has 0 fully saturated rings. The molecule has 0 heterocycles. The number of azo groups is 1. The second-order valence-corrected chi connectivity index (χ2v) is 9.22. The van der Waals surface area contributed by atoms with Crippen LogP contribution in [0.2, 0.25) is 0 Å². The molecule has 0 bridgehead atoms. The number of rotatable bonds is 20. The average Bonchev–Trinajstić information content (AvgIpc) is 2.91. The molecule has 5 nitrogen and oxygen atoms in total. The van der Waals surface area contributed by atoms with Crippen molar-refractivity contribution in [2.45, 2.75) is 90.4 Å². The third-order valence-electron chi connectivity index (χ3n) is 6.09. The summed E-state index contributed by atoms with van der Waals surface area (Å²) in [4.78, 5) is 10.9. The fraction of sp³-hybridized carbons (Fsp3) is 0.516. The number of unbranched alkanes of at least 4 members (excludes halogenated alkanes) is 10. The van der Waals surface area contributed by atoms with Gasteiger partial charge in [0.15, 0.2) is 0 Å². The van der Waals surface area contributed by atoms with Crippen LogP contribution in [0.1, 0.15) is 89.5 Å². The Labute approximate surface area is 218 Å². The van der Waals surface area contributed by atoms with E-state index >= 15 is 0 Å². The summed E-state index contributed by atoms with van der Waals surface area (Å²) in [6.45, 7) is 6.83. The van der Waals surface area contributed by atoms with E-state index in [0.717, 1.165) is 62.1 Å². The van der Waals surface area contributed by atoms with E-state index in [4.69, 9.17) is 9.47 Å². The Hall–Kier alpha value is -2.95. The molecule has 0 spiro atoms. The van der Waals surface area contributed by atoms with Crippen LogP contribution in [0.15, 0.2) is 71.4 Å². The zero-order chi connectivity index (χ0) is 25.7. The minimum Gasteiger partial charge on any atom is -0.494 e. The van der Waals surface area contributed by atoms with Crippen molar-refractivity contribution >= 4 is 17.3 Å². The van der Waals surface area contributed by atoms with Crippen LogP contribution in [0.4, 0.5) is 11.4 Å². The van der Waals surface area contributed by atoms with Crippen LogP contribution in [0.3, 0.4) is 0 Å². The summed E-state index contributed by atoms with van der Waals surface area (Å²) in [7, 11) is 0. The third-order valence-corrected chi connectivity index (χ3v) is 6.09. The molecule has 2 aromatic rings. The number of nitrogens with zero attached hydrogens (tertiary/aromatic N) is 2. The molecule has 0 unspecified atom stereocenters. The minimum absolute atomic E-state index is 0.341. The van der Waals surface area contributed by atoms with Crippen molar-refractivity contribution in [3.63, 3.8) is 0 Å². The van der Waals surface area contributed by atoms with Gasteiger partial charge in [0, 0.05) is 6.08 Å². The third kappa shape index (κ3) is 13.8. The van der Waals surface area contributed by atoms with Crippen molar-refractivity contribution < 1.29 is 14.3 Å². The average molecular weight is 493 g/mol. The van der Waals surface area contributed by atoms with Crippen molar-refractivity contribution in [1.29, 1.82) is 0 Å². The molecular weight excluding hydrogens is 448 g/mol. The molecule has 36 heavy (non-hydrogen) atoms. The maximum atomic E-state index is 10.9. The van der Waals surface area contributed by atoms with Gasteiger partial charge in [-0.1, -0.05) is 83.4 Å². The second-order valence-electron chi connectivity index (χ2n) is 9.22. The first-order chi connectivity index (χ1) is 17.7. The van der Waals surface area contributed by atoms with Crippen LogP contribution in [0.25, 0.3) is 0 Å². The molecule has 0 atom stereocenters. The van der Waals surface area contributed by atoms with Gasteiger partial charge in [0.25, 0.3) is 0 Å². The number of benzene rings is 2. The summed E-state index contributed by atoms with van der Waals surface area (Å²) >= 11 is 0. The molecule has 5 heteroatoms. The molecule has 2 rings (SSSR count). The quantitative estimate of drug-likeness (QED) is 0.0800. The molecule has 0 aliphatic carbocycles. The van der Waals surface area contributed by atoms with Gasteiger partial charge in [-0.05, 0) is 67.6 Å². The van der Waals surface area contributed by atoms with Gasteiger partial charge in [0.1, 0.15) is 5.75 Å². The normalized spacial score (nSPS) is 11.0. The maximum absolute atomic E-state index is 10.9. The van der Waals surface area contributed by atoms with Crippen LogP contribution >= 0.6 is 0 Å². The zero-order valence-corrected chi connectivity index (χ0v) is 22.1. The van der Waals surface area contributed by atoms with Crippen molar-refractivity contribution in [1.82, 2.24) is 0 Å². The van der Waals surface area contributed by atoms with Gasteiger partial charge in [0.2, 0.25) is 0 Å². The first-order valence-electron chi connectivity index (χ1n) is 13.7. The van der Waals surface area contributed by atoms with Gasteiger partial charge in [0.05, 0.1) is 24.6 Å². The Morgan fingerprint density at radius 3 is 1.86 bits per heavy atom. The van der Waals surface area contributed by atoms with Crippen LogP contribution in [0, 0.1) is 0 Å². The molecular formula is C31H44N2O3. The number of carbonyl (C=O) groups excluding carboxylic acids is 1. The lowest BCUT2D eigenvalue weighted by molar-refractivity contribution is -0.137. The van der Waals surface area contributed by atoms with E-state index in [1.165, 1.54) is 50.2 Å². The molecule has 0 N–H and O–H groups in total. The number of hydrogen-bond acceptors (Lipinski definition) is 5. The zero-order valence-electron chi connectivity index (χ0n) is 22.1. The Morgan fingerprint density at radius 1 is 0.722 bits per heavy atom. The van der Waals surface area contributed by atoms with E-state index in [9.17, 15) is 4.79 Å². The van der Waals surface area contributed by atoms with Gasteiger partial charge in [-0.25, -0.2) is 4.79 Å². The van der Waals surface area contributed by atoms with E-state index in [1.807, 2.05) is 36.4 Å². The maximum Gasteiger partial charge on any atom is 0.330 e. The molecule has 0 radical (unpaired) electrons. The Balaban J connectivity index is 1.56. The SMILES string of the molecule is C=CC(=O)OCCCCCCCCOc1ccc(N=Nc2ccc(CCCCCCCC)cc2)cc1. The van der Waals surface area contributed by atoms with E-state index in [0.29, 0.717) is 13.2 Å². The van der Waals surface area contributed by atoms with Gasteiger partial charge in [-0.3, -0.25) is 0 Å².